The SMILES string of the molecule is Cc1cc(N(O)O)ccc1C(F)(F)F. The van der Waals surface area contributed by atoms with Gasteiger partial charge in [0, 0.05) is 0 Å². The quantitative estimate of drug-likeness (QED) is 0.695. The van der Waals surface area contributed by atoms with E-state index in [1.165, 1.54) is 6.92 Å². The monoisotopic (exact) mass is 207 g/mol. The van der Waals surface area contributed by atoms with Gasteiger partial charge in [0.2, 0.25) is 0 Å². The van der Waals surface area contributed by atoms with Gasteiger partial charge in [0.15, 0.2) is 0 Å². The zero-order valence-electron chi connectivity index (χ0n) is 7.21. The van der Waals surface area contributed by atoms with Crippen molar-refractivity contribution in [2.75, 3.05) is 5.23 Å². The van der Waals surface area contributed by atoms with Crippen molar-refractivity contribution < 1.29 is 23.6 Å². The third-order valence-electron chi connectivity index (χ3n) is 1.75. The van der Waals surface area contributed by atoms with E-state index in [2.05, 4.69) is 0 Å². The lowest BCUT2D eigenvalue weighted by Crippen LogP contribution is -2.13. The van der Waals surface area contributed by atoms with Gasteiger partial charge in [-0.1, -0.05) is 0 Å². The van der Waals surface area contributed by atoms with Crippen molar-refractivity contribution in [2.45, 2.75) is 13.1 Å². The first-order chi connectivity index (χ1) is 6.32. The molecule has 0 amide bonds. The molecule has 78 valence electrons. The first-order valence-electron chi connectivity index (χ1n) is 3.68. The van der Waals surface area contributed by atoms with E-state index in [4.69, 9.17) is 10.4 Å². The third kappa shape index (κ3) is 2.15. The Bertz CT molecular complexity index is 336. The molecule has 1 rings (SSSR count). The second-order valence-corrected chi connectivity index (χ2v) is 2.79. The molecule has 0 spiro atoms. The fourth-order valence-corrected chi connectivity index (χ4v) is 1.09. The number of halogens is 3. The minimum atomic E-state index is -4.42. The largest absolute Gasteiger partial charge is 0.416 e. The molecule has 0 heterocycles. The molecule has 0 unspecified atom stereocenters. The van der Waals surface area contributed by atoms with Gasteiger partial charge in [-0.15, -0.1) is 5.23 Å². The van der Waals surface area contributed by atoms with Crippen LogP contribution in [0.15, 0.2) is 18.2 Å². The molecule has 1 aromatic rings. The zero-order chi connectivity index (χ0) is 10.9. The molecule has 2 N–H and O–H groups in total. The van der Waals surface area contributed by atoms with Crippen LogP contribution in [0.5, 0.6) is 0 Å². The number of alkyl halides is 3. The molecule has 0 radical (unpaired) electrons. The number of benzene rings is 1. The summed E-state index contributed by atoms with van der Waals surface area (Å²) in [5, 5.41) is 16.9. The maximum atomic E-state index is 12.2. The van der Waals surface area contributed by atoms with E-state index in [1.54, 1.807) is 0 Å². The average Bonchev–Trinajstić information content (AvgIpc) is 2.01. The van der Waals surface area contributed by atoms with E-state index in [0.717, 1.165) is 18.2 Å². The Balaban J connectivity index is 3.15. The number of rotatable bonds is 1. The molecule has 0 aliphatic carbocycles. The van der Waals surface area contributed by atoms with Crippen molar-refractivity contribution in [2.24, 2.45) is 0 Å². The minimum Gasteiger partial charge on any atom is -0.264 e. The van der Waals surface area contributed by atoms with Crippen molar-refractivity contribution in [3.05, 3.63) is 29.3 Å². The van der Waals surface area contributed by atoms with E-state index in [-0.39, 0.29) is 16.5 Å². The molecule has 0 aliphatic rings. The highest BCUT2D eigenvalue weighted by Gasteiger charge is 2.32. The molecule has 1 aromatic carbocycles. The summed E-state index contributed by atoms with van der Waals surface area (Å²) in [6, 6.07) is 2.79. The highest BCUT2D eigenvalue weighted by molar-refractivity contribution is 5.47. The van der Waals surface area contributed by atoms with Gasteiger partial charge in [0.25, 0.3) is 0 Å². The Morgan fingerprint density at radius 3 is 2.14 bits per heavy atom. The predicted octanol–water partition coefficient (Wildman–Crippen LogP) is 2.60. The van der Waals surface area contributed by atoms with Gasteiger partial charge in [-0.25, -0.2) is 0 Å². The number of nitrogens with zero attached hydrogens (tertiary/aromatic N) is 1. The molecule has 0 fully saturated rings. The maximum Gasteiger partial charge on any atom is 0.416 e. The van der Waals surface area contributed by atoms with E-state index >= 15 is 0 Å². The highest BCUT2D eigenvalue weighted by atomic mass is 19.4. The lowest BCUT2D eigenvalue weighted by molar-refractivity contribution is -0.138. The zero-order valence-corrected chi connectivity index (χ0v) is 7.21. The second kappa shape index (κ2) is 3.47. The van der Waals surface area contributed by atoms with Crippen LogP contribution in [0, 0.1) is 6.92 Å². The minimum absolute atomic E-state index is 0.0666. The fraction of sp³-hybridized carbons (Fsp3) is 0.250. The van der Waals surface area contributed by atoms with E-state index in [1.807, 2.05) is 0 Å². The van der Waals surface area contributed by atoms with Crippen LogP contribution >= 0.6 is 0 Å². The molecular weight excluding hydrogens is 199 g/mol. The molecule has 14 heavy (non-hydrogen) atoms. The van der Waals surface area contributed by atoms with Gasteiger partial charge in [-0.05, 0) is 30.7 Å². The fourth-order valence-electron chi connectivity index (χ4n) is 1.09. The molecule has 0 aromatic heterocycles. The van der Waals surface area contributed by atoms with Gasteiger partial charge < -0.3 is 0 Å². The van der Waals surface area contributed by atoms with Gasteiger partial charge in [0.1, 0.15) is 0 Å². The number of hydrogen-bond donors (Lipinski definition) is 2. The Labute approximate surface area is 77.9 Å². The third-order valence-corrected chi connectivity index (χ3v) is 1.75. The van der Waals surface area contributed by atoms with Gasteiger partial charge >= 0.3 is 6.18 Å². The average molecular weight is 207 g/mol. The van der Waals surface area contributed by atoms with Crippen molar-refractivity contribution in [3.8, 4) is 0 Å². The summed E-state index contributed by atoms with van der Waals surface area (Å²) in [4.78, 5) is 0. The molecular formula is C8H8F3NO2. The molecule has 6 heteroatoms. The normalized spacial score (nSPS) is 11.6. The van der Waals surface area contributed by atoms with Gasteiger partial charge in [-0.3, -0.25) is 10.4 Å². The summed E-state index contributed by atoms with van der Waals surface area (Å²) >= 11 is 0. The van der Waals surface area contributed by atoms with Crippen LogP contribution in [0.4, 0.5) is 18.9 Å². The Morgan fingerprint density at radius 1 is 1.21 bits per heavy atom. The van der Waals surface area contributed by atoms with Crippen LogP contribution in [0.1, 0.15) is 11.1 Å². The molecule has 0 bridgehead atoms. The van der Waals surface area contributed by atoms with Gasteiger partial charge in [-0.2, -0.15) is 13.2 Å². The number of aryl methyl sites for hydroxylation is 1. The maximum absolute atomic E-state index is 12.2. The van der Waals surface area contributed by atoms with Crippen LogP contribution in [-0.2, 0) is 6.18 Å². The molecule has 0 saturated carbocycles. The van der Waals surface area contributed by atoms with Crippen molar-refractivity contribution in [1.29, 1.82) is 0 Å². The second-order valence-electron chi connectivity index (χ2n) is 2.79. The van der Waals surface area contributed by atoms with Crippen molar-refractivity contribution in [3.63, 3.8) is 0 Å². The summed E-state index contributed by atoms with van der Waals surface area (Å²) in [7, 11) is 0. The smallest absolute Gasteiger partial charge is 0.264 e. The topological polar surface area (TPSA) is 43.7 Å². The van der Waals surface area contributed by atoms with E-state index < -0.39 is 11.7 Å². The Morgan fingerprint density at radius 2 is 1.79 bits per heavy atom. The van der Waals surface area contributed by atoms with Crippen LogP contribution in [0.25, 0.3) is 0 Å². The Kier molecular flexibility index (Phi) is 2.68. The molecule has 0 aliphatic heterocycles. The van der Waals surface area contributed by atoms with Gasteiger partial charge in [0.05, 0.1) is 11.3 Å². The number of anilines is 1. The standard InChI is InChI=1S/C8H8F3NO2/c1-5-4-6(12(13)14)2-3-7(5)8(9,10)11/h2-4,13-14H,1H3. The first-order valence-corrected chi connectivity index (χ1v) is 3.68. The van der Waals surface area contributed by atoms with E-state index in [9.17, 15) is 13.2 Å². The summed E-state index contributed by atoms with van der Waals surface area (Å²) in [6.45, 7) is 1.25. The lowest BCUT2D eigenvalue weighted by atomic mass is 10.1. The molecule has 0 saturated heterocycles. The summed E-state index contributed by atoms with van der Waals surface area (Å²) in [5.41, 5.74) is -0.971. The predicted molar refractivity (Wildman–Crippen MR) is 42.2 cm³/mol. The van der Waals surface area contributed by atoms with Crippen molar-refractivity contribution in [1.82, 2.24) is 0 Å². The van der Waals surface area contributed by atoms with Crippen LogP contribution < -0.4 is 5.23 Å². The van der Waals surface area contributed by atoms with Crippen molar-refractivity contribution >= 4 is 5.69 Å². The van der Waals surface area contributed by atoms with Crippen LogP contribution in [0.3, 0.4) is 0 Å². The van der Waals surface area contributed by atoms with Crippen LogP contribution in [-0.4, -0.2) is 10.4 Å². The lowest BCUT2D eigenvalue weighted by Gasteiger charge is -2.13. The van der Waals surface area contributed by atoms with Crippen LogP contribution in [0.2, 0.25) is 0 Å². The highest BCUT2D eigenvalue weighted by Crippen LogP contribution is 2.33. The molecule has 0 atom stereocenters. The Hall–Kier alpha value is -1.27. The first kappa shape index (κ1) is 10.8. The van der Waals surface area contributed by atoms with E-state index in [0.29, 0.717) is 0 Å². The summed E-state index contributed by atoms with van der Waals surface area (Å²) in [5.74, 6) is 0. The summed E-state index contributed by atoms with van der Waals surface area (Å²) in [6.07, 6.45) is -4.42. The molecule has 3 nitrogen and oxygen atoms in total. The summed E-state index contributed by atoms with van der Waals surface area (Å²) < 4.78 is 36.7. The number of hydrogen-bond acceptors (Lipinski definition) is 3.